The Morgan fingerprint density at radius 3 is 2.83 bits per heavy atom. The Morgan fingerprint density at radius 2 is 2.28 bits per heavy atom. The number of likely N-dealkylation sites (N-methyl/N-ethyl adjacent to an activating group) is 1. The molecule has 0 aliphatic carbocycles. The van der Waals surface area contributed by atoms with E-state index < -0.39 is 0 Å². The molecule has 0 radical (unpaired) electrons. The molecule has 0 bridgehead atoms. The lowest BCUT2D eigenvalue weighted by molar-refractivity contribution is -0.146. The van der Waals surface area contributed by atoms with Crippen molar-refractivity contribution >= 4 is 5.97 Å². The van der Waals surface area contributed by atoms with Gasteiger partial charge in [-0.2, -0.15) is 0 Å². The van der Waals surface area contributed by atoms with Crippen molar-refractivity contribution in [3.63, 3.8) is 0 Å². The number of nitrogens with one attached hydrogen (secondary N) is 1. The van der Waals surface area contributed by atoms with Crippen LogP contribution in [0.3, 0.4) is 0 Å². The molecule has 1 aliphatic rings. The lowest BCUT2D eigenvalue weighted by Gasteiger charge is -2.38. The van der Waals surface area contributed by atoms with Crippen LogP contribution in [-0.2, 0) is 14.3 Å². The third-order valence-corrected chi connectivity index (χ3v) is 3.16. The first-order chi connectivity index (χ1) is 8.48. The lowest BCUT2D eigenvalue weighted by atomic mass is 10.1. The van der Waals surface area contributed by atoms with Gasteiger partial charge in [-0.05, 0) is 34.2 Å². The molecule has 0 spiro atoms. The number of ether oxygens (including phenoxy) is 2. The molecule has 1 fully saturated rings. The van der Waals surface area contributed by atoms with Crippen LogP contribution in [0, 0.1) is 0 Å². The van der Waals surface area contributed by atoms with E-state index in [-0.39, 0.29) is 17.6 Å². The monoisotopic (exact) mass is 258 g/mol. The Hall–Kier alpha value is -0.650. The summed E-state index contributed by atoms with van der Waals surface area (Å²) >= 11 is 0. The van der Waals surface area contributed by atoms with Gasteiger partial charge in [-0.1, -0.05) is 0 Å². The van der Waals surface area contributed by atoms with E-state index in [1.54, 1.807) is 7.05 Å². The van der Waals surface area contributed by atoms with Gasteiger partial charge in [0, 0.05) is 19.6 Å². The highest BCUT2D eigenvalue weighted by molar-refractivity contribution is 5.75. The fourth-order valence-electron chi connectivity index (χ4n) is 2.24. The van der Waals surface area contributed by atoms with Crippen LogP contribution in [0.1, 0.15) is 27.2 Å². The van der Waals surface area contributed by atoms with Crippen LogP contribution in [0.25, 0.3) is 0 Å². The lowest BCUT2D eigenvalue weighted by Crippen LogP contribution is -2.49. The molecule has 5 nitrogen and oxygen atoms in total. The number of nitrogens with zero attached hydrogens (tertiary/aromatic N) is 1. The van der Waals surface area contributed by atoms with Gasteiger partial charge in [0.05, 0.1) is 18.8 Å². The van der Waals surface area contributed by atoms with Crippen LogP contribution in [0.5, 0.6) is 0 Å². The SMILES string of the molecule is CCOC(=O)C(CCN1CCOC(C)(C)C1)NC. The van der Waals surface area contributed by atoms with Crippen molar-refractivity contribution in [2.45, 2.75) is 38.8 Å². The second kappa shape index (κ2) is 7.07. The molecule has 1 N–H and O–H groups in total. The van der Waals surface area contributed by atoms with Gasteiger partial charge in [0.15, 0.2) is 0 Å². The van der Waals surface area contributed by atoms with E-state index in [0.29, 0.717) is 6.61 Å². The zero-order valence-corrected chi connectivity index (χ0v) is 12.0. The Morgan fingerprint density at radius 1 is 1.56 bits per heavy atom. The number of rotatable bonds is 6. The molecule has 106 valence electrons. The average Bonchev–Trinajstić information content (AvgIpc) is 2.29. The minimum atomic E-state index is -0.212. The number of hydrogen-bond donors (Lipinski definition) is 1. The highest BCUT2D eigenvalue weighted by Gasteiger charge is 2.28. The molecule has 0 saturated carbocycles. The zero-order valence-electron chi connectivity index (χ0n) is 12.0. The first-order valence-electron chi connectivity index (χ1n) is 6.68. The van der Waals surface area contributed by atoms with Crippen LogP contribution in [-0.4, -0.2) is 62.4 Å². The van der Waals surface area contributed by atoms with E-state index >= 15 is 0 Å². The average molecular weight is 258 g/mol. The molecule has 0 amide bonds. The largest absolute Gasteiger partial charge is 0.465 e. The van der Waals surface area contributed by atoms with E-state index in [0.717, 1.165) is 32.7 Å². The van der Waals surface area contributed by atoms with Crippen LogP contribution >= 0.6 is 0 Å². The highest BCUT2D eigenvalue weighted by Crippen LogP contribution is 2.16. The minimum Gasteiger partial charge on any atom is -0.465 e. The van der Waals surface area contributed by atoms with Gasteiger partial charge in [-0.3, -0.25) is 9.69 Å². The fraction of sp³-hybridized carbons (Fsp3) is 0.923. The van der Waals surface area contributed by atoms with Gasteiger partial charge in [0.2, 0.25) is 0 Å². The van der Waals surface area contributed by atoms with Gasteiger partial charge in [-0.15, -0.1) is 0 Å². The third kappa shape index (κ3) is 4.92. The van der Waals surface area contributed by atoms with Gasteiger partial charge in [0.1, 0.15) is 6.04 Å². The van der Waals surface area contributed by atoms with E-state index in [1.807, 2.05) is 6.92 Å². The molecule has 0 aromatic heterocycles. The first-order valence-corrected chi connectivity index (χ1v) is 6.68. The molecule has 1 atom stereocenters. The third-order valence-electron chi connectivity index (χ3n) is 3.16. The van der Waals surface area contributed by atoms with Crippen molar-refractivity contribution in [2.24, 2.45) is 0 Å². The summed E-state index contributed by atoms with van der Waals surface area (Å²) in [4.78, 5) is 14.0. The molecular formula is C13H26N2O3. The molecule has 0 aromatic rings. The summed E-state index contributed by atoms with van der Waals surface area (Å²) in [5.41, 5.74) is -0.0860. The highest BCUT2D eigenvalue weighted by atomic mass is 16.5. The molecule has 1 aliphatic heterocycles. The quantitative estimate of drug-likeness (QED) is 0.709. The van der Waals surface area contributed by atoms with Crippen molar-refractivity contribution in [2.75, 3.05) is 39.9 Å². The second-order valence-corrected chi connectivity index (χ2v) is 5.27. The molecule has 5 heteroatoms. The van der Waals surface area contributed by atoms with E-state index in [9.17, 15) is 4.79 Å². The van der Waals surface area contributed by atoms with Crippen LogP contribution in [0.15, 0.2) is 0 Å². The second-order valence-electron chi connectivity index (χ2n) is 5.27. The van der Waals surface area contributed by atoms with Crippen LogP contribution < -0.4 is 5.32 Å². The molecule has 18 heavy (non-hydrogen) atoms. The van der Waals surface area contributed by atoms with Gasteiger partial charge >= 0.3 is 5.97 Å². The van der Waals surface area contributed by atoms with Crippen molar-refractivity contribution < 1.29 is 14.3 Å². The van der Waals surface area contributed by atoms with Crippen molar-refractivity contribution in [1.82, 2.24) is 10.2 Å². The predicted molar refractivity (Wildman–Crippen MR) is 70.6 cm³/mol. The molecule has 1 saturated heterocycles. The minimum absolute atomic E-state index is 0.0860. The Balaban J connectivity index is 2.36. The summed E-state index contributed by atoms with van der Waals surface area (Å²) in [6.07, 6.45) is 0.769. The summed E-state index contributed by atoms with van der Waals surface area (Å²) in [7, 11) is 1.80. The van der Waals surface area contributed by atoms with Gasteiger partial charge < -0.3 is 14.8 Å². The summed E-state index contributed by atoms with van der Waals surface area (Å²) in [6, 6.07) is -0.212. The number of carbonyl (C=O) groups excluding carboxylic acids is 1. The van der Waals surface area contributed by atoms with Crippen LogP contribution in [0.2, 0.25) is 0 Å². The Bertz CT molecular complexity index is 269. The van der Waals surface area contributed by atoms with Crippen molar-refractivity contribution in [3.05, 3.63) is 0 Å². The van der Waals surface area contributed by atoms with E-state index in [4.69, 9.17) is 9.47 Å². The summed E-state index contributed by atoms with van der Waals surface area (Å²) in [5.74, 6) is -0.160. The maximum absolute atomic E-state index is 11.6. The smallest absolute Gasteiger partial charge is 0.323 e. The number of esters is 1. The number of morpholine rings is 1. The maximum Gasteiger partial charge on any atom is 0.323 e. The summed E-state index contributed by atoms with van der Waals surface area (Å²) < 4.78 is 10.7. The molecule has 0 aromatic carbocycles. The molecular weight excluding hydrogens is 232 g/mol. The molecule has 1 heterocycles. The van der Waals surface area contributed by atoms with E-state index in [2.05, 4.69) is 24.1 Å². The van der Waals surface area contributed by atoms with Crippen molar-refractivity contribution in [3.8, 4) is 0 Å². The van der Waals surface area contributed by atoms with Crippen molar-refractivity contribution in [1.29, 1.82) is 0 Å². The topological polar surface area (TPSA) is 50.8 Å². The number of carbonyl (C=O) groups is 1. The maximum atomic E-state index is 11.6. The summed E-state index contributed by atoms with van der Waals surface area (Å²) in [6.45, 7) is 9.94. The first kappa shape index (κ1) is 15.4. The van der Waals surface area contributed by atoms with Gasteiger partial charge in [-0.25, -0.2) is 0 Å². The Labute approximate surface area is 110 Å². The normalized spacial score (nSPS) is 21.6. The fourth-order valence-corrected chi connectivity index (χ4v) is 2.24. The van der Waals surface area contributed by atoms with Crippen LogP contribution in [0.4, 0.5) is 0 Å². The number of hydrogen-bond acceptors (Lipinski definition) is 5. The Kier molecular flexibility index (Phi) is 6.05. The predicted octanol–water partition coefficient (Wildman–Crippen LogP) is 0.638. The van der Waals surface area contributed by atoms with E-state index in [1.165, 1.54) is 0 Å². The molecule has 1 unspecified atom stereocenters. The standard InChI is InChI=1S/C13H26N2O3/c1-5-17-12(16)11(14-4)6-7-15-8-9-18-13(2,3)10-15/h11,14H,5-10H2,1-4H3. The zero-order chi connectivity index (χ0) is 13.6. The summed E-state index contributed by atoms with van der Waals surface area (Å²) in [5, 5.41) is 3.01. The van der Waals surface area contributed by atoms with Gasteiger partial charge in [0.25, 0.3) is 0 Å². The molecule has 1 rings (SSSR count).